The number of nitrogens with zero attached hydrogens (tertiary/aromatic N) is 2. The predicted octanol–water partition coefficient (Wildman–Crippen LogP) is 4.75. The van der Waals surface area contributed by atoms with Crippen molar-refractivity contribution in [3.63, 3.8) is 0 Å². The van der Waals surface area contributed by atoms with E-state index in [4.69, 9.17) is 5.10 Å². The molecular weight excluding hydrogens is 256 g/mol. The zero-order chi connectivity index (χ0) is 14.4. The molecule has 1 heterocycles. The van der Waals surface area contributed by atoms with Gasteiger partial charge in [-0.05, 0) is 42.7 Å². The van der Waals surface area contributed by atoms with Crippen molar-refractivity contribution in [1.82, 2.24) is 9.78 Å². The highest BCUT2D eigenvalue weighted by atomic mass is 15.3. The van der Waals surface area contributed by atoms with E-state index in [0.717, 1.165) is 11.4 Å². The van der Waals surface area contributed by atoms with Crippen LogP contribution in [0.5, 0.6) is 0 Å². The van der Waals surface area contributed by atoms with Gasteiger partial charge in [-0.25, -0.2) is 4.68 Å². The van der Waals surface area contributed by atoms with Crippen molar-refractivity contribution in [3.8, 4) is 16.8 Å². The fourth-order valence-corrected chi connectivity index (χ4v) is 3.06. The first-order valence-corrected chi connectivity index (χ1v) is 7.19. The molecule has 21 heavy (non-hydrogen) atoms. The fourth-order valence-electron chi connectivity index (χ4n) is 3.06. The third kappa shape index (κ3) is 1.76. The van der Waals surface area contributed by atoms with Gasteiger partial charge in [-0.15, -0.1) is 0 Å². The Morgan fingerprint density at radius 1 is 0.857 bits per heavy atom. The molecule has 0 amide bonds. The molecule has 2 aliphatic rings. The van der Waals surface area contributed by atoms with Gasteiger partial charge in [-0.3, -0.25) is 0 Å². The molecule has 2 aliphatic carbocycles. The normalized spacial score (nSPS) is 11.3. The Balaban J connectivity index is 2.11. The lowest BCUT2D eigenvalue weighted by Crippen LogP contribution is -1.98. The Bertz CT molecular complexity index is 918. The van der Waals surface area contributed by atoms with Crippen molar-refractivity contribution in [3.05, 3.63) is 71.9 Å². The Morgan fingerprint density at radius 3 is 2.48 bits per heavy atom. The monoisotopic (exact) mass is 272 g/mol. The van der Waals surface area contributed by atoms with Crippen molar-refractivity contribution in [1.29, 1.82) is 0 Å². The summed E-state index contributed by atoms with van der Waals surface area (Å²) in [5, 5.41) is 6.02. The van der Waals surface area contributed by atoms with Gasteiger partial charge < -0.3 is 0 Å². The van der Waals surface area contributed by atoms with E-state index < -0.39 is 0 Å². The van der Waals surface area contributed by atoms with Gasteiger partial charge in [0.25, 0.3) is 0 Å². The van der Waals surface area contributed by atoms with Crippen molar-refractivity contribution >= 4 is 10.9 Å². The van der Waals surface area contributed by atoms with Crippen molar-refractivity contribution in [2.75, 3.05) is 0 Å². The quantitative estimate of drug-likeness (QED) is 0.489. The molecule has 0 bridgehead atoms. The number of para-hydroxylation sites is 1. The number of aromatic nitrogens is 2. The van der Waals surface area contributed by atoms with Crippen LogP contribution in [-0.4, -0.2) is 9.78 Å². The zero-order valence-corrected chi connectivity index (χ0v) is 12.2. The molecule has 0 spiro atoms. The number of hydrogen-bond acceptors (Lipinski definition) is 1. The minimum absolute atomic E-state index is 1.08. The van der Waals surface area contributed by atoms with E-state index in [-0.39, 0.29) is 0 Å². The minimum Gasteiger partial charge on any atom is -0.233 e. The second-order valence-corrected chi connectivity index (χ2v) is 5.47. The van der Waals surface area contributed by atoms with Crippen LogP contribution in [0, 0.1) is 13.8 Å². The fraction of sp³-hybridized carbons (Fsp3) is 0.105. The molecule has 0 atom stereocenters. The highest BCUT2D eigenvalue weighted by Gasteiger charge is 2.17. The smallest absolute Gasteiger partial charge is 0.0756 e. The van der Waals surface area contributed by atoms with E-state index >= 15 is 0 Å². The number of benzene rings is 1. The van der Waals surface area contributed by atoms with Gasteiger partial charge >= 0.3 is 0 Å². The summed E-state index contributed by atoms with van der Waals surface area (Å²) >= 11 is 0. The lowest BCUT2D eigenvalue weighted by atomic mass is 10.1. The largest absolute Gasteiger partial charge is 0.233 e. The van der Waals surface area contributed by atoms with Gasteiger partial charge in [0.1, 0.15) is 0 Å². The third-order valence-corrected chi connectivity index (χ3v) is 4.07. The second-order valence-electron chi connectivity index (χ2n) is 5.47. The Hall–Kier alpha value is -2.61. The summed E-state index contributed by atoms with van der Waals surface area (Å²) in [7, 11) is 0. The molecule has 1 aromatic heterocycles. The van der Waals surface area contributed by atoms with Gasteiger partial charge in [0.05, 0.1) is 16.9 Å². The summed E-state index contributed by atoms with van der Waals surface area (Å²) in [6, 6.07) is 21.2. The van der Waals surface area contributed by atoms with Crippen LogP contribution < -0.4 is 0 Å². The number of rotatable bonds is 1. The molecule has 1 aromatic carbocycles. The molecule has 0 N–H and O–H groups in total. The van der Waals surface area contributed by atoms with E-state index in [9.17, 15) is 0 Å². The van der Waals surface area contributed by atoms with Crippen molar-refractivity contribution in [2.45, 2.75) is 13.8 Å². The Kier molecular flexibility index (Phi) is 2.58. The zero-order valence-electron chi connectivity index (χ0n) is 12.2. The minimum atomic E-state index is 1.08. The Labute approximate surface area is 124 Å². The lowest BCUT2D eigenvalue weighted by molar-refractivity contribution is 0.881. The van der Waals surface area contributed by atoms with E-state index in [1.165, 1.54) is 27.6 Å². The Morgan fingerprint density at radius 2 is 1.62 bits per heavy atom. The van der Waals surface area contributed by atoms with Crippen LogP contribution in [0.3, 0.4) is 0 Å². The van der Waals surface area contributed by atoms with Crippen LogP contribution >= 0.6 is 0 Å². The maximum Gasteiger partial charge on any atom is 0.0756 e. The van der Waals surface area contributed by atoms with Gasteiger partial charge in [-0.1, -0.05) is 48.5 Å². The number of hydrogen-bond donors (Lipinski definition) is 0. The third-order valence-electron chi connectivity index (χ3n) is 4.07. The molecule has 2 nitrogen and oxygen atoms in total. The molecule has 2 heteroatoms. The van der Waals surface area contributed by atoms with Gasteiger partial charge in [-0.2, -0.15) is 5.10 Å². The topological polar surface area (TPSA) is 17.8 Å². The van der Waals surface area contributed by atoms with Crippen molar-refractivity contribution < 1.29 is 0 Å². The van der Waals surface area contributed by atoms with Crippen LogP contribution in [0.1, 0.15) is 11.3 Å². The van der Waals surface area contributed by atoms with Crippen LogP contribution in [-0.2, 0) is 0 Å². The van der Waals surface area contributed by atoms with E-state index in [2.05, 4.69) is 79.2 Å². The number of aryl methyl sites for hydroxylation is 2. The molecule has 0 aliphatic heterocycles. The maximum atomic E-state index is 4.77. The second kappa shape index (κ2) is 4.45. The summed E-state index contributed by atoms with van der Waals surface area (Å²) in [5.74, 6) is 0. The SMILES string of the molecule is Cc1ccccc1-n1nc(C)c2c3cccccc-3cc21. The maximum absolute atomic E-state index is 4.77. The summed E-state index contributed by atoms with van der Waals surface area (Å²) in [6.45, 7) is 4.21. The molecular formula is C19H16N2. The molecule has 2 aromatic rings. The molecule has 0 fully saturated rings. The van der Waals surface area contributed by atoms with E-state index in [1.807, 2.05) is 0 Å². The van der Waals surface area contributed by atoms with Crippen molar-refractivity contribution in [2.24, 2.45) is 0 Å². The van der Waals surface area contributed by atoms with E-state index in [0.29, 0.717) is 0 Å². The van der Waals surface area contributed by atoms with Gasteiger partial charge in [0.15, 0.2) is 0 Å². The van der Waals surface area contributed by atoms with Crippen LogP contribution in [0.4, 0.5) is 0 Å². The summed E-state index contributed by atoms with van der Waals surface area (Å²) < 4.78 is 2.07. The van der Waals surface area contributed by atoms with Gasteiger partial charge in [0.2, 0.25) is 0 Å². The molecule has 102 valence electrons. The average molecular weight is 272 g/mol. The molecule has 0 radical (unpaired) electrons. The standard InChI is InChI=1S/C19H16N2/c1-13-8-6-7-11-17(13)21-18-12-15-9-4-3-5-10-16(15)19(18)14(2)20-21/h3-12H,1-2H3. The average Bonchev–Trinajstić information content (AvgIpc) is 2.89. The summed E-state index contributed by atoms with van der Waals surface area (Å²) in [4.78, 5) is 0. The molecule has 0 saturated carbocycles. The first-order valence-electron chi connectivity index (χ1n) is 7.19. The predicted molar refractivity (Wildman–Crippen MR) is 87.2 cm³/mol. The van der Waals surface area contributed by atoms with Gasteiger partial charge in [0, 0.05) is 5.39 Å². The number of fused-ring (bicyclic) bond motifs is 3. The lowest BCUT2D eigenvalue weighted by Gasteiger charge is -2.05. The first kappa shape index (κ1) is 12.2. The highest BCUT2D eigenvalue weighted by molar-refractivity contribution is 6.02. The molecule has 0 saturated heterocycles. The van der Waals surface area contributed by atoms with Crippen LogP contribution in [0.25, 0.3) is 27.7 Å². The van der Waals surface area contributed by atoms with Crippen LogP contribution in [0.2, 0.25) is 0 Å². The summed E-state index contributed by atoms with van der Waals surface area (Å²) in [6.07, 6.45) is 0. The van der Waals surface area contributed by atoms with Crippen LogP contribution in [0.15, 0.2) is 60.7 Å². The molecule has 0 unspecified atom stereocenters. The molecule has 4 rings (SSSR count). The first-order chi connectivity index (χ1) is 10.3. The van der Waals surface area contributed by atoms with E-state index in [1.54, 1.807) is 0 Å². The summed E-state index contributed by atoms with van der Waals surface area (Å²) in [5.41, 5.74) is 7.18. The highest BCUT2D eigenvalue weighted by Crippen LogP contribution is 2.36.